The van der Waals surface area contributed by atoms with Crippen LogP contribution in [-0.4, -0.2) is 19.7 Å². The first-order chi connectivity index (χ1) is 5.16. The second-order valence-corrected chi connectivity index (χ2v) is 2.74. The molecule has 0 radical (unpaired) electrons. The van der Waals surface area contributed by atoms with Crippen molar-refractivity contribution in [3.8, 4) is 0 Å². The van der Waals surface area contributed by atoms with E-state index in [9.17, 15) is 4.79 Å². The smallest absolute Gasteiger partial charge is 0.336 e. The molecular formula is C7H16N2O2. The van der Waals surface area contributed by atoms with Crippen LogP contribution in [0.15, 0.2) is 0 Å². The van der Waals surface area contributed by atoms with Crippen LogP contribution in [0.1, 0.15) is 20.3 Å². The summed E-state index contributed by atoms with van der Waals surface area (Å²) >= 11 is 0. The summed E-state index contributed by atoms with van der Waals surface area (Å²) in [6, 6.07) is -0.284. The molecule has 0 saturated heterocycles. The first-order valence-electron chi connectivity index (χ1n) is 3.73. The molecule has 0 heterocycles. The summed E-state index contributed by atoms with van der Waals surface area (Å²) in [6.07, 6.45) is 0.983. The molecule has 0 aromatic rings. The zero-order chi connectivity index (χ0) is 8.69. The Balaban J connectivity index is 3.17. The second kappa shape index (κ2) is 5.97. The van der Waals surface area contributed by atoms with Crippen LogP contribution < -0.4 is 10.8 Å². The molecule has 2 N–H and O–H groups in total. The molecule has 4 nitrogen and oxygen atoms in total. The fraction of sp³-hybridized carbons (Fsp3) is 0.857. The molecule has 11 heavy (non-hydrogen) atoms. The lowest BCUT2D eigenvalue weighted by Gasteiger charge is -2.06. The van der Waals surface area contributed by atoms with Gasteiger partial charge in [-0.25, -0.2) is 10.3 Å². The van der Waals surface area contributed by atoms with Gasteiger partial charge in [0.1, 0.15) is 0 Å². The van der Waals surface area contributed by atoms with Crippen molar-refractivity contribution in [2.45, 2.75) is 20.3 Å². The van der Waals surface area contributed by atoms with Crippen molar-refractivity contribution in [2.75, 3.05) is 13.7 Å². The minimum Gasteiger partial charge on any atom is -0.336 e. The van der Waals surface area contributed by atoms with Gasteiger partial charge in [-0.15, -0.1) is 0 Å². The fourth-order valence-electron chi connectivity index (χ4n) is 0.603. The third-order valence-corrected chi connectivity index (χ3v) is 1.20. The van der Waals surface area contributed by atoms with Gasteiger partial charge in [0.2, 0.25) is 0 Å². The molecule has 0 aliphatic rings. The van der Waals surface area contributed by atoms with Crippen LogP contribution in [0.4, 0.5) is 4.79 Å². The third kappa shape index (κ3) is 7.12. The lowest BCUT2D eigenvalue weighted by atomic mass is 10.1. The Morgan fingerprint density at radius 1 is 1.55 bits per heavy atom. The summed E-state index contributed by atoms with van der Waals surface area (Å²) in [6.45, 7) is 4.90. The van der Waals surface area contributed by atoms with Gasteiger partial charge in [-0.3, -0.25) is 4.84 Å². The van der Waals surface area contributed by atoms with Crippen molar-refractivity contribution in [3.63, 3.8) is 0 Å². The molecule has 0 aliphatic carbocycles. The summed E-state index contributed by atoms with van der Waals surface area (Å²) in [7, 11) is 1.40. The van der Waals surface area contributed by atoms with Crippen LogP contribution in [0.5, 0.6) is 0 Å². The Bertz CT molecular complexity index is 115. The van der Waals surface area contributed by atoms with Crippen LogP contribution >= 0.6 is 0 Å². The molecule has 4 heteroatoms. The standard InChI is InChI=1S/C7H16N2O2/c1-6(2)4-5-8-7(10)9-11-3/h6H,4-5H2,1-3H3,(H2,8,9,10). The fourth-order valence-corrected chi connectivity index (χ4v) is 0.603. The Hall–Kier alpha value is -0.770. The summed E-state index contributed by atoms with van der Waals surface area (Å²) in [5, 5.41) is 2.64. The van der Waals surface area contributed by atoms with Crippen LogP contribution in [0, 0.1) is 5.92 Å². The average Bonchev–Trinajstić information content (AvgIpc) is 1.87. The molecule has 0 saturated carbocycles. The molecule has 0 rings (SSSR count). The van der Waals surface area contributed by atoms with Gasteiger partial charge < -0.3 is 5.32 Å². The van der Waals surface area contributed by atoms with Crippen LogP contribution in [0.3, 0.4) is 0 Å². The number of carbonyl (C=O) groups excluding carboxylic acids is 1. The van der Waals surface area contributed by atoms with Crippen LogP contribution in [0.25, 0.3) is 0 Å². The largest absolute Gasteiger partial charge is 0.338 e. The number of carbonyl (C=O) groups is 1. The van der Waals surface area contributed by atoms with E-state index in [0.29, 0.717) is 12.5 Å². The van der Waals surface area contributed by atoms with Crippen molar-refractivity contribution in [1.29, 1.82) is 0 Å². The lowest BCUT2D eigenvalue weighted by Crippen LogP contribution is -2.35. The molecular weight excluding hydrogens is 144 g/mol. The van der Waals surface area contributed by atoms with Gasteiger partial charge in [0.05, 0.1) is 7.11 Å². The molecule has 0 fully saturated rings. The minimum atomic E-state index is -0.284. The van der Waals surface area contributed by atoms with E-state index in [-0.39, 0.29) is 6.03 Å². The van der Waals surface area contributed by atoms with Gasteiger partial charge in [0, 0.05) is 6.54 Å². The van der Waals surface area contributed by atoms with E-state index in [1.165, 1.54) is 7.11 Å². The molecule has 2 amide bonds. The van der Waals surface area contributed by atoms with Gasteiger partial charge in [-0.05, 0) is 12.3 Å². The number of hydrogen-bond donors (Lipinski definition) is 2. The summed E-state index contributed by atoms with van der Waals surface area (Å²) < 4.78 is 0. The van der Waals surface area contributed by atoms with Crippen molar-refractivity contribution >= 4 is 6.03 Å². The molecule has 0 aromatic carbocycles. The zero-order valence-corrected chi connectivity index (χ0v) is 7.31. The topological polar surface area (TPSA) is 50.4 Å². The SMILES string of the molecule is CONC(=O)NCCC(C)C. The Labute approximate surface area is 67.3 Å². The summed E-state index contributed by atoms with van der Waals surface area (Å²) in [5.41, 5.74) is 2.17. The number of nitrogens with one attached hydrogen (secondary N) is 2. The van der Waals surface area contributed by atoms with Crippen molar-refractivity contribution in [1.82, 2.24) is 10.8 Å². The number of rotatable bonds is 4. The number of hydroxylamine groups is 1. The van der Waals surface area contributed by atoms with E-state index in [1.54, 1.807) is 0 Å². The van der Waals surface area contributed by atoms with Gasteiger partial charge in [-0.2, -0.15) is 0 Å². The maximum Gasteiger partial charge on any atom is 0.338 e. The molecule has 66 valence electrons. The highest BCUT2D eigenvalue weighted by Gasteiger charge is 1.97. The predicted octanol–water partition coefficient (Wildman–Crippen LogP) is 0.893. The van der Waals surface area contributed by atoms with E-state index in [1.807, 2.05) is 0 Å². The van der Waals surface area contributed by atoms with Crippen molar-refractivity contribution in [2.24, 2.45) is 5.92 Å². The number of amides is 2. The first kappa shape index (κ1) is 10.2. The van der Waals surface area contributed by atoms with Gasteiger partial charge in [0.15, 0.2) is 0 Å². The quantitative estimate of drug-likeness (QED) is 0.600. The maximum absolute atomic E-state index is 10.7. The predicted molar refractivity (Wildman–Crippen MR) is 43.0 cm³/mol. The minimum absolute atomic E-state index is 0.284. The monoisotopic (exact) mass is 160 g/mol. The molecule has 0 spiro atoms. The van der Waals surface area contributed by atoms with Crippen LogP contribution in [0.2, 0.25) is 0 Å². The van der Waals surface area contributed by atoms with E-state index < -0.39 is 0 Å². The molecule has 0 atom stereocenters. The lowest BCUT2D eigenvalue weighted by molar-refractivity contribution is 0.107. The molecule has 0 aromatic heterocycles. The second-order valence-electron chi connectivity index (χ2n) is 2.74. The summed E-state index contributed by atoms with van der Waals surface area (Å²) in [5.74, 6) is 0.609. The van der Waals surface area contributed by atoms with Gasteiger partial charge in [-0.1, -0.05) is 13.8 Å². The molecule has 0 bridgehead atoms. The molecule has 0 unspecified atom stereocenters. The number of urea groups is 1. The average molecular weight is 160 g/mol. The van der Waals surface area contributed by atoms with E-state index in [2.05, 4.69) is 29.5 Å². The zero-order valence-electron chi connectivity index (χ0n) is 7.31. The Morgan fingerprint density at radius 3 is 2.64 bits per heavy atom. The van der Waals surface area contributed by atoms with Crippen LogP contribution in [-0.2, 0) is 4.84 Å². The van der Waals surface area contributed by atoms with Crippen molar-refractivity contribution < 1.29 is 9.63 Å². The Morgan fingerprint density at radius 2 is 2.18 bits per heavy atom. The first-order valence-corrected chi connectivity index (χ1v) is 3.73. The Kier molecular flexibility index (Phi) is 5.56. The van der Waals surface area contributed by atoms with Gasteiger partial charge >= 0.3 is 6.03 Å². The van der Waals surface area contributed by atoms with Gasteiger partial charge in [0.25, 0.3) is 0 Å². The normalized spacial score (nSPS) is 9.82. The highest BCUT2D eigenvalue weighted by Crippen LogP contribution is 1.95. The van der Waals surface area contributed by atoms with E-state index in [0.717, 1.165) is 6.42 Å². The maximum atomic E-state index is 10.7. The summed E-state index contributed by atoms with van der Waals surface area (Å²) in [4.78, 5) is 15.1. The highest BCUT2D eigenvalue weighted by atomic mass is 16.6. The van der Waals surface area contributed by atoms with E-state index in [4.69, 9.17) is 0 Å². The third-order valence-electron chi connectivity index (χ3n) is 1.20. The molecule has 0 aliphatic heterocycles. The van der Waals surface area contributed by atoms with E-state index >= 15 is 0 Å². The number of hydrogen-bond acceptors (Lipinski definition) is 2. The van der Waals surface area contributed by atoms with Crippen molar-refractivity contribution in [3.05, 3.63) is 0 Å². The highest BCUT2D eigenvalue weighted by molar-refractivity contribution is 5.72.